The van der Waals surface area contributed by atoms with Crippen LogP contribution in [0.1, 0.15) is 88.8 Å². The molecule has 4 atom stereocenters. The van der Waals surface area contributed by atoms with Crippen molar-refractivity contribution in [2.75, 3.05) is 6.54 Å². The van der Waals surface area contributed by atoms with Gasteiger partial charge in [-0.15, -0.1) is 0 Å². The first-order chi connectivity index (χ1) is 18.9. The summed E-state index contributed by atoms with van der Waals surface area (Å²) in [6, 6.07) is 13.7. The number of carboxylic acid groups (broad SMARTS) is 1. The van der Waals surface area contributed by atoms with Crippen LogP contribution in [0, 0.1) is 5.41 Å². The molecular weight excluding hydrogens is 571 g/mol. The van der Waals surface area contributed by atoms with E-state index < -0.39 is 38.2 Å². The van der Waals surface area contributed by atoms with Crippen molar-refractivity contribution in [3.63, 3.8) is 0 Å². The van der Waals surface area contributed by atoms with Crippen LogP contribution in [0.3, 0.4) is 0 Å². The molecule has 2 N–H and O–H groups in total. The zero-order chi connectivity index (χ0) is 29.3. The van der Waals surface area contributed by atoms with Crippen LogP contribution in [0.15, 0.2) is 48.5 Å². The van der Waals surface area contributed by atoms with Crippen LogP contribution >= 0.6 is 23.2 Å². The van der Waals surface area contributed by atoms with E-state index in [-0.39, 0.29) is 24.8 Å². The average molecular weight is 610 g/mol. The number of sulfonamides is 1. The molecule has 1 aliphatic carbocycles. The predicted octanol–water partition coefficient (Wildman–Crippen LogP) is 6.56. The number of carbonyl (C=O) groups is 2. The summed E-state index contributed by atoms with van der Waals surface area (Å²) in [6.07, 6.45) is 3.09. The molecule has 1 saturated heterocycles. The van der Waals surface area contributed by atoms with Crippen LogP contribution in [-0.4, -0.2) is 47.6 Å². The number of halogens is 2. The Kier molecular flexibility index (Phi) is 9.25. The molecule has 10 heteroatoms. The van der Waals surface area contributed by atoms with Crippen molar-refractivity contribution in [3.05, 3.63) is 69.7 Å². The lowest BCUT2D eigenvalue weighted by atomic mass is 9.67. The first-order valence-electron chi connectivity index (χ1n) is 13.9. The van der Waals surface area contributed by atoms with Crippen molar-refractivity contribution >= 4 is 45.1 Å². The number of hydrogen-bond donors (Lipinski definition) is 2. The Labute approximate surface area is 247 Å². The number of piperidine rings is 1. The van der Waals surface area contributed by atoms with Gasteiger partial charge in [0.1, 0.15) is 0 Å². The van der Waals surface area contributed by atoms with E-state index in [0.717, 1.165) is 17.5 Å². The maximum atomic E-state index is 14.4. The molecular formula is C30H38Cl2N2O5S. The van der Waals surface area contributed by atoms with Gasteiger partial charge in [-0.3, -0.25) is 9.59 Å². The van der Waals surface area contributed by atoms with E-state index in [0.29, 0.717) is 42.1 Å². The van der Waals surface area contributed by atoms with Crippen LogP contribution in [0.4, 0.5) is 0 Å². The number of hydrogen-bond acceptors (Lipinski definition) is 4. The zero-order valence-electron chi connectivity index (χ0n) is 23.2. The van der Waals surface area contributed by atoms with Gasteiger partial charge < -0.3 is 10.0 Å². The van der Waals surface area contributed by atoms with E-state index in [2.05, 4.69) is 4.72 Å². The second kappa shape index (κ2) is 12.0. The van der Waals surface area contributed by atoms with E-state index in [4.69, 9.17) is 23.2 Å². The first-order valence-corrected chi connectivity index (χ1v) is 16.1. The number of aliphatic carboxylic acids is 1. The number of nitrogens with zero attached hydrogens (tertiary/aromatic N) is 1. The largest absolute Gasteiger partial charge is 0.481 e. The molecule has 7 nitrogen and oxygen atoms in total. The van der Waals surface area contributed by atoms with E-state index in [9.17, 15) is 23.1 Å². The van der Waals surface area contributed by atoms with Gasteiger partial charge in [-0.2, -0.15) is 0 Å². The van der Waals surface area contributed by atoms with E-state index in [1.54, 1.807) is 30.0 Å². The lowest BCUT2D eigenvalue weighted by Crippen LogP contribution is -2.59. The number of amides is 1. The Morgan fingerprint density at radius 3 is 2.30 bits per heavy atom. The molecule has 218 valence electrons. The Bertz CT molecular complexity index is 1340. The van der Waals surface area contributed by atoms with Crippen LogP contribution in [0.5, 0.6) is 0 Å². The monoisotopic (exact) mass is 608 g/mol. The van der Waals surface area contributed by atoms with Crippen molar-refractivity contribution in [1.29, 1.82) is 0 Å². The molecule has 0 unspecified atom stereocenters. The number of benzene rings is 2. The highest BCUT2D eigenvalue weighted by Crippen LogP contribution is 2.52. The van der Waals surface area contributed by atoms with Crippen LogP contribution < -0.4 is 4.72 Å². The Hall–Kier alpha value is -2.13. The standard InChI is InChI=1S/C30H38Cl2N2O5S/c1-4-24(19-33-40(38,39)30(5-2)14-7-15-30)34-27(20-10-12-22(31)13-11-20)25(21-8-6-9-23(32)16-21)17-29(3,28(34)37)18-26(35)36/h6,8-13,16,24-25,27,33H,4-5,7,14-15,17-19H2,1-3H3,(H,35,36)/t24-,25+,27+,29+/m0/s1. The zero-order valence-corrected chi connectivity index (χ0v) is 25.5. The molecule has 2 aromatic carbocycles. The van der Waals surface area contributed by atoms with Crippen molar-refractivity contribution in [1.82, 2.24) is 9.62 Å². The van der Waals surface area contributed by atoms with Gasteiger partial charge in [0, 0.05) is 28.5 Å². The average Bonchev–Trinajstić information content (AvgIpc) is 2.86. The molecule has 1 saturated carbocycles. The van der Waals surface area contributed by atoms with Gasteiger partial charge in [-0.05, 0) is 67.5 Å². The Morgan fingerprint density at radius 1 is 1.10 bits per heavy atom. The third kappa shape index (κ3) is 5.91. The SMILES string of the molecule is CC[C@@H](CNS(=O)(=O)C1(CC)CCC1)N1C(=O)[C@@](C)(CC(=O)O)C[C@H](c2cccc(Cl)c2)[C@H]1c1ccc(Cl)cc1. The molecule has 0 radical (unpaired) electrons. The fourth-order valence-corrected chi connectivity index (χ4v) is 8.71. The van der Waals surface area contributed by atoms with Gasteiger partial charge in [0.05, 0.1) is 22.6 Å². The molecule has 1 heterocycles. The van der Waals surface area contributed by atoms with Crippen molar-refractivity contribution in [2.24, 2.45) is 5.41 Å². The molecule has 2 fully saturated rings. The summed E-state index contributed by atoms with van der Waals surface area (Å²) in [5, 5.41) is 10.9. The fraction of sp³-hybridized carbons (Fsp3) is 0.533. The van der Waals surface area contributed by atoms with Crippen molar-refractivity contribution in [3.8, 4) is 0 Å². The molecule has 1 aliphatic heterocycles. The quantitative estimate of drug-likeness (QED) is 0.300. The van der Waals surface area contributed by atoms with Gasteiger partial charge in [-0.25, -0.2) is 13.1 Å². The van der Waals surface area contributed by atoms with Crippen LogP contribution in [0.25, 0.3) is 0 Å². The highest BCUT2D eigenvalue weighted by atomic mass is 35.5. The summed E-state index contributed by atoms with van der Waals surface area (Å²) >= 11 is 12.6. The van der Waals surface area contributed by atoms with Crippen LogP contribution in [0.2, 0.25) is 10.0 Å². The van der Waals surface area contributed by atoms with Crippen molar-refractivity contribution in [2.45, 2.75) is 88.5 Å². The lowest BCUT2D eigenvalue weighted by molar-refractivity contribution is -0.160. The highest BCUT2D eigenvalue weighted by molar-refractivity contribution is 7.91. The number of nitrogens with one attached hydrogen (secondary N) is 1. The number of carbonyl (C=O) groups excluding carboxylic acids is 1. The molecule has 0 bridgehead atoms. The smallest absolute Gasteiger partial charge is 0.304 e. The van der Waals surface area contributed by atoms with Gasteiger partial charge in [-0.1, -0.05) is 74.7 Å². The summed E-state index contributed by atoms with van der Waals surface area (Å²) < 4.78 is 28.9. The summed E-state index contributed by atoms with van der Waals surface area (Å²) in [5.74, 6) is -1.65. The second-order valence-corrected chi connectivity index (χ2v) is 14.5. The summed E-state index contributed by atoms with van der Waals surface area (Å²) in [6.45, 7) is 5.56. The van der Waals surface area contributed by atoms with E-state index in [1.165, 1.54) is 0 Å². The third-order valence-corrected chi connectivity index (χ3v) is 11.9. The number of likely N-dealkylation sites (tertiary alicyclic amines) is 1. The second-order valence-electron chi connectivity index (χ2n) is 11.5. The van der Waals surface area contributed by atoms with E-state index in [1.807, 2.05) is 44.2 Å². The molecule has 2 aromatic rings. The summed E-state index contributed by atoms with van der Waals surface area (Å²) in [4.78, 5) is 28.1. The maximum Gasteiger partial charge on any atom is 0.304 e. The van der Waals surface area contributed by atoms with Gasteiger partial charge in [0.15, 0.2) is 0 Å². The van der Waals surface area contributed by atoms with Gasteiger partial charge in [0.2, 0.25) is 15.9 Å². The van der Waals surface area contributed by atoms with Gasteiger partial charge in [0.25, 0.3) is 0 Å². The minimum absolute atomic E-state index is 0.0435. The minimum Gasteiger partial charge on any atom is -0.481 e. The number of rotatable bonds is 11. The molecule has 40 heavy (non-hydrogen) atoms. The van der Waals surface area contributed by atoms with Crippen molar-refractivity contribution < 1.29 is 23.1 Å². The summed E-state index contributed by atoms with van der Waals surface area (Å²) in [7, 11) is -3.62. The Balaban J connectivity index is 1.82. The van der Waals surface area contributed by atoms with E-state index >= 15 is 0 Å². The molecule has 1 amide bonds. The predicted molar refractivity (Wildman–Crippen MR) is 158 cm³/mol. The molecule has 4 rings (SSSR count). The third-order valence-electron chi connectivity index (χ3n) is 8.98. The molecule has 0 spiro atoms. The Morgan fingerprint density at radius 2 is 1.77 bits per heavy atom. The highest BCUT2D eigenvalue weighted by Gasteiger charge is 2.53. The fourth-order valence-electron chi connectivity index (χ4n) is 6.46. The molecule has 2 aliphatic rings. The molecule has 0 aromatic heterocycles. The first kappa shape index (κ1) is 30.8. The summed E-state index contributed by atoms with van der Waals surface area (Å²) in [5.41, 5.74) is 0.522. The number of carboxylic acids is 1. The minimum atomic E-state index is -3.62. The topological polar surface area (TPSA) is 104 Å². The maximum absolute atomic E-state index is 14.4. The van der Waals surface area contributed by atoms with Gasteiger partial charge >= 0.3 is 5.97 Å². The lowest BCUT2D eigenvalue weighted by Gasteiger charge is -2.52. The normalized spacial score (nSPS) is 25.3. The van der Waals surface area contributed by atoms with Crippen LogP contribution in [-0.2, 0) is 19.6 Å².